The Bertz CT molecular complexity index is 695. The molecule has 0 aliphatic carbocycles. The number of hydrogen-bond donors (Lipinski definition) is 0. The van der Waals surface area contributed by atoms with E-state index in [-0.39, 0.29) is 11.2 Å². The minimum Gasteiger partial charge on any atom is -0.304 e. The van der Waals surface area contributed by atoms with E-state index in [0.29, 0.717) is 22.4 Å². The molecule has 0 aromatic carbocycles. The largest absolute Gasteiger partial charge is 0.332 e. The van der Waals surface area contributed by atoms with E-state index in [4.69, 9.17) is 0 Å². The minimum absolute atomic E-state index is 0.315. The zero-order chi connectivity index (χ0) is 12.7. The van der Waals surface area contributed by atoms with Crippen molar-refractivity contribution < 1.29 is 0 Å². The van der Waals surface area contributed by atoms with Crippen molar-refractivity contribution in [2.45, 2.75) is 19.9 Å². The van der Waals surface area contributed by atoms with Gasteiger partial charge in [-0.2, -0.15) is 0 Å². The Morgan fingerprint density at radius 3 is 2.47 bits per heavy atom. The van der Waals surface area contributed by atoms with Gasteiger partial charge in [-0.1, -0.05) is 6.92 Å². The Morgan fingerprint density at radius 1 is 1.24 bits per heavy atom. The molecule has 6 nitrogen and oxygen atoms in total. The van der Waals surface area contributed by atoms with E-state index in [1.807, 2.05) is 11.5 Å². The summed E-state index contributed by atoms with van der Waals surface area (Å²) in [6.07, 6.45) is 0.896. The first-order chi connectivity index (χ1) is 7.99. The highest BCUT2D eigenvalue weighted by molar-refractivity contribution is 9.10. The molecule has 0 saturated heterocycles. The highest BCUT2D eigenvalue weighted by atomic mass is 79.9. The smallest absolute Gasteiger partial charge is 0.304 e. The van der Waals surface area contributed by atoms with E-state index in [2.05, 4.69) is 20.9 Å². The van der Waals surface area contributed by atoms with Gasteiger partial charge in [0.1, 0.15) is 0 Å². The van der Waals surface area contributed by atoms with Crippen LogP contribution in [0.1, 0.15) is 13.3 Å². The molecule has 0 bridgehead atoms. The van der Waals surface area contributed by atoms with Gasteiger partial charge in [0.25, 0.3) is 5.56 Å². The Kier molecular flexibility index (Phi) is 2.94. The molecule has 2 rings (SSSR count). The summed E-state index contributed by atoms with van der Waals surface area (Å²) < 4.78 is 4.92. The SMILES string of the molecule is CCCn1c(Br)nc2c(=O)n(C)c(=O)n(C)c21. The number of halogens is 1. The summed E-state index contributed by atoms with van der Waals surface area (Å²) in [6.45, 7) is 2.73. The summed E-state index contributed by atoms with van der Waals surface area (Å²) in [4.78, 5) is 27.9. The topological polar surface area (TPSA) is 61.8 Å². The molecule has 0 saturated carbocycles. The minimum atomic E-state index is -0.362. The highest BCUT2D eigenvalue weighted by Gasteiger charge is 2.16. The molecule has 2 aromatic rings. The zero-order valence-corrected chi connectivity index (χ0v) is 11.5. The van der Waals surface area contributed by atoms with Crippen LogP contribution in [0.25, 0.3) is 11.2 Å². The van der Waals surface area contributed by atoms with Crippen LogP contribution in [0.2, 0.25) is 0 Å². The maximum atomic E-state index is 11.9. The molecule has 0 radical (unpaired) electrons. The predicted molar refractivity (Wildman–Crippen MR) is 68.2 cm³/mol. The van der Waals surface area contributed by atoms with Crippen molar-refractivity contribution in [1.82, 2.24) is 18.7 Å². The molecular weight excluding hydrogens is 288 g/mol. The molecule has 0 aliphatic heterocycles. The third-order valence-corrected chi connectivity index (χ3v) is 3.35. The second-order valence-corrected chi connectivity index (χ2v) is 4.62. The fraction of sp³-hybridized carbons (Fsp3) is 0.500. The summed E-state index contributed by atoms with van der Waals surface area (Å²) in [7, 11) is 3.10. The van der Waals surface area contributed by atoms with Crippen molar-refractivity contribution in [3.05, 3.63) is 25.6 Å². The lowest BCUT2D eigenvalue weighted by atomic mass is 10.4. The van der Waals surface area contributed by atoms with Crippen molar-refractivity contribution in [1.29, 1.82) is 0 Å². The van der Waals surface area contributed by atoms with Crippen LogP contribution >= 0.6 is 15.9 Å². The van der Waals surface area contributed by atoms with Crippen LogP contribution in [-0.2, 0) is 20.6 Å². The summed E-state index contributed by atoms with van der Waals surface area (Å²) in [6, 6.07) is 0. The van der Waals surface area contributed by atoms with Gasteiger partial charge in [-0.25, -0.2) is 9.78 Å². The molecule has 0 amide bonds. The number of hydrogen-bond acceptors (Lipinski definition) is 3. The van der Waals surface area contributed by atoms with Crippen molar-refractivity contribution in [2.24, 2.45) is 14.1 Å². The normalized spacial score (nSPS) is 11.3. The molecule has 0 fully saturated rings. The molecule has 2 aromatic heterocycles. The zero-order valence-electron chi connectivity index (χ0n) is 9.90. The molecule has 92 valence electrons. The van der Waals surface area contributed by atoms with Gasteiger partial charge in [0.05, 0.1) is 0 Å². The fourth-order valence-electron chi connectivity index (χ4n) is 1.88. The first kappa shape index (κ1) is 12.1. The lowest BCUT2D eigenvalue weighted by Crippen LogP contribution is -2.37. The van der Waals surface area contributed by atoms with Crippen molar-refractivity contribution in [2.75, 3.05) is 0 Å². The molecule has 0 N–H and O–H groups in total. The maximum absolute atomic E-state index is 11.9. The summed E-state index contributed by atoms with van der Waals surface area (Å²) in [5.41, 5.74) is 0.174. The lowest BCUT2D eigenvalue weighted by molar-refractivity contribution is 0.644. The molecule has 0 unspecified atom stereocenters. The molecule has 17 heavy (non-hydrogen) atoms. The van der Waals surface area contributed by atoms with Crippen molar-refractivity contribution in [3.8, 4) is 0 Å². The van der Waals surface area contributed by atoms with Crippen molar-refractivity contribution in [3.63, 3.8) is 0 Å². The van der Waals surface area contributed by atoms with Gasteiger partial charge in [-0.3, -0.25) is 13.9 Å². The quantitative estimate of drug-likeness (QED) is 0.763. The Hall–Kier alpha value is -1.37. The van der Waals surface area contributed by atoms with Crippen LogP contribution < -0.4 is 11.2 Å². The van der Waals surface area contributed by atoms with Gasteiger partial charge in [0.2, 0.25) is 0 Å². The van der Waals surface area contributed by atoms with Crippen LogP contribution in [0.5, 0.6) is 0 Å². The standard InChI is InChI=1S/C10H13BrN4O2/c1-4-5-15-7-6(12-9(15)11)8(16)14(3)10(17)13(7)2/h4-5H2,1-3H3. The first-order valence-corrected chi connectivity index (χ1v) is 6.10. The first-order valence-electron chi connectivity index (χ1n) is 5.30. The maximum Gasteiger partial charge on any atom is 0.332 e. The summed E-state index contributed by atoms with van der Waals surface area (Å²) in [5.74, 6) is 0. The summed E-state index contributed by atoms with van der Waals surface area (Å²) in [5, 5.41) is 0. The van der Waals surface area contributed by atoms with Crippen LogP contribution in [0.15, 0.2) is 14.3 Å². The van der Waals surface area contributed by atoms with Crippen LogP contribution in [0.3, 0.4) is 0 Å². The van der Waals surface area contributed by atoms with E-state index < -0.39 is 0 Å². The number of imidazole rings is 1. The predicted octanol–water partition coefficient (Wildman–Crippen LogP) is 0.606. The van der Waals surface area contributed by atoms with Gasteiger partial charge in [-0.05, 0) is 22.4 Å². The van der Waals surface area contributed by atoms with E-state index in [1.165, 1.54) is 11.6 Å². The second-order valence-electron chi connectivity index (χ2n) is 3.91. The third kappa shape index (κ3) is 1.65. The number of rotatable bonds is 2. The van der Waals surface area contributed by atoms with E-state index >= 15 is 0 Å². The summed E-state index contributed by atoms with van der Waals surface area (Å²) >= 11 is 3.32. The number of aromatic nitrogens is 4. The molecule has 0 aliphatic rings. The molecule has 0 spiro atoms. The fourth-order valence-corrected chi connectivity index (χ4v) is 2.41. The Balaban J connectivity index is 3.02. The number of nitrogens with zero attached hydrogens (tertiary/aromatic N) is 4. The van der Waals surface area contributed by atoms with Gasteiger partial charge < -0.3 is 4.57 Å². The number of aryl methyl sites for hydroxylation is 2. The lowest BCUT2D eigenvalue weighted by Gasteiger charge is -2.07. The van der Waals surface area contributed by atoms with Gasteiger partial charge in [0, 0.05) is 20.6 Å². The average Bonchev–Trinajstić information content (AvgIpc) is 2.62. The third-order valence-electron chi connectivity index (χ3n) is 2.74. The second kappa shape index (κ2) is 4.14. The van der Waals surface area contributed by atoms with Crippen LogP contribution in [0.4, 0.5) is 0 Å². The average molecular weight is 301 g/mol. The van der Waals surface area contributed by atoms with Crippen molar-refractivity contribution >= 4 is 27.1 Å². The molecule has 7 heteroatoms. The van der Waals surface area contributed by atoms with Gasteiger partial charge in [0.15, 0.2) is 15.9 Å². The Labute approximate surface area is 106 Å². The highest BCUT2D eigenvalue weighted by Crippen LogP contribution is 2.16. The molecular formula is C10H13BrN4O2. The van der Waals surface area contributed by atoms with Gasteiger partial charge >= 0.3 is 5.69 Å². The van der Waals surface area contributed by atoms with E-state index in [0.717, 1.165) is 11.0 Å². The van der Waals surface area contributed by atoms with E-state index in [9.17, 15) is 9.59 Å². The van der Waals surface area contributed by atoms with Gasteiger partial charge in [-0.15, -0.1) is 0 Å². The van der Waals surface area contributed by atoms with Crippen LogP contribution in [0, 0.1) is 0 Å². The van der Waals surface area contributed by atoms with Crippen LogP contribution in [-0.4, -0.2) is 18.7 Å². The Morgan fingerprint density at radius 2 is 1.88 bits per heavy atom. The van der Waals surface area contributed by atoms with E-state index in [1.54, 1.807) is 7.05 Å². The molecule has 2 heterocycles. The monoisotopic (exact) mass is 300 g/mol. The number of fused-ring (bicyclic) bond motifs is 1. The molecule has 0 atom stereocenters.